The van der Waals surface area contributed by atoms with Gasteiger partial charge in [-0.25, -0.2) is 21.6 Å². The molecular formula is C21H29NO4S2. The average Bonchev–Trinajstić information content (AvgIpc) is 2.70. The second-order valence-corrected chi connectivity index (χ2v) is 10.7. The first-order valence-corrected chi connectivity index (χ1v) is 12.9. The van der Waals surface area contributed by atoms with E-state index in [1.165, 1.54) is 0 Å². The Morgan fingerprint density at radius 1 is 0.571 bits per heavy atom. The van der Waals surface area contributed by atoms with Gasteiger partial charge in [-0.15, -0.1) is 0 Å². The summed E-state index contributed by atoms with van der Waals surface area (Å²) in [6.07, 6.45) is 6.39. The highest BCUT2D eigenvalue weighted by atomic mass is 32.2. The highest BCUT2D eigenvalue weighted by molar-refractivity contribution is 7.91. The SMILES string of the molecule is O=S(=O)(CCCCCCCCCNS(=O)(=O)c1ccccc1)c1ccccc1. The molecule has 5 nitrogen and oxygen atoms in total. The smallest absolute Gasteiger partial charge is 0.224 e. The van der Waals surface area contributed by atoms with Crippen LogP contribution in [0.3, 0.4) is 0 Å². The summed E-state index contributed by atoms with van der Waals surface area (Å²) in [6, 6.07) is 16.9. The summed E-state index contributed by atoms with van der Waals surface area (Å²) in [5.41, 5.74) is 0. The molecule has 0 heterocycles. The van der Waals surface area contributed by atoms with Gasteiger partial charge in [-0.05, 0) is 37.1 Å². The largest absolute Gasteiger partial charge is 0.240 e. The second kappa shape index (κ2) is 11.3. The zero-order chi connectivity index (χ0) is 20.3. The molecule has 2 aromatic carbocycles. The lowest BCUT2D eigenvalue weighted by Crippen LogP contribution is -2.24. The van der Waals surface area contributed by atoms with Crippen molar-refractivity contribution < 1.29 is 16.8 Å². The summed E-state index contributed by atoms with van der Waals surface area (Å²) < 4.78 is 51.1. The predicted octanol–water partition coefficient (Wildman–Crippen LogP) is 4.17. The van der Waals surface area contributed by atoms with Crippen LogP contribution in [0.15, 0.2) is 70.5 Å². The van der Waals surface area contributed by atoms with Gasteiger partial charge >= 0.3 is 0 Å². The zero-order valence-electron chi connectivity index (χ0n) is 16.1. The molecule has 0 spiro atoms. The molecule has 0 saturated carbocycles. The van der Waals surface area contributed by atoms with E-state index in [0.717, 1.165) is 38.5 Å². The van der Waals surface area contributed by atoms with Crippen LogP contribution in [0.5, 0.6) is 0 Å². The van der Waals surface area contributed by atoms with Gasteiger partial charge in [-0.2, -0.15) is 0 Å². The van der Waals surface area contributed by atoms with Crippen LogP contribution >= 0.6 is 0 Å². The van der Waals surface area contributed by atoms with E-state index < -0.39 is 19.9 Å². The van der Waals surface area contributed by atoms with Gasteiger partial charge in [0.2, 0.25) is 10.0 Å². The minimum Gasteiger partial charge on any atom is -0.224 e. The standard InChI is InChI=1S/C21H29NO4S2/c23-27(24,20-14-8-6-9-15-20)19-13-5-3-1-2-4-12-18-22-28(25,26)21-16-10-7-11-17-21/h6-11,14-17,22H,1-5,12-13,18-19H2. The maximum absolute atomic E-state index is 12.2. The van der Waals surface area contributed by atoms with E-state index in [4.69, 9.17) is 0 Å². The molecule has 2 rings (SSSR count). The zero-order valence-corrected chi connectivity index (χ0v) is 17.7. The van der Waals surface area contributed by atoms with Crippen molar-refractivity contribution in [1.82, 2.24) is 4.72 Å². The Labute approximate surface area is 169 Å². The molecule has 0 radical (unpaired) electrons. The first kappa shape index (κ1) is 22.6. The normalized spacial score (nSPS) is 12.1. The lowest BCUT2D eigenvalue weighted by atomic mass is 10.1. The molecule has 7 heteroatoms. The van der Waals surface area contributed by atoms with E-state index in [2.05, 4.69) is 4.72 Å². The third kappa shape index (κ3) is 7.73. The molecule has 0 unspecified atom stereocenters. The fourth-order valence-electron chi connectivity index (χ4n) is 2.94. The molecule has 0 saturated heterocycles. The van der Waals surface area contributed by atoms with E-state index >= 15 is 0 Å². The minimum atomic E-state index is -3.41. The van der Waals surface area contributed by atoms with Crippen molar-refractivity contribution in [2.45, 2.75) is 54.7 Å². The van der Waals surface area contributed by atoms with Gasteiger partial charge in [0.1, 0.15) is 0 Å². The lowest BCUT2D eigenvalue weighted by Gasteiger charge is -2.07. The van der Waals surface area contributed by atoms with Crippen molar-refractivity contribution >= 4 is 19.9 Å². The van der Waals surface area contributed by atoms with Crippen LogP contribution in [-0.4, -0.2) is 29.1 Å². The van der Waals surface area contributed by atoms with E-state index in [0.29, 0.717) is 22.8 Å². The predicted molar refractivity (Wildman–Crippen MR) is 112 cm³/mol. The first-order chi connectivity index (χ1) is 13.4. The van der Waals surface area contributed by atoms with Crippen LogP contribution in [0.2, 0.25) is 0 Å². The number of nitrogens with one attached hydrogen (secondary N) is 1. The molecule has 0 aliphatic heterocycles. The number of hydrogen-bond acceptors (Lipinski definition) is 4. The van der Waals surface area contributed by atoms with Crippen molar-refractivity contribution in [2.75, 3.05) is 12.3 Å². The molecule has 0 aromatic heterocycles. The Morgan fingerprint density at radius 2 is 1.04 bits per heavy atom. The van der Waals surface area contributed by atoms with Crippen LogP contribution in [0.1, 0.15) is 44.9 Å². The highest BCUT2D eigenvalue weighted by Gasteiger charge is 2.13. The van der Waals surface area contributed by atoms with E-state index in [1.807, 2.05) is 6.07 Å². The van der Waals surface area contributed by atoms with Crippen molar-refractivity contribution in [3.05, 3.63) is 60.7 Å². The van der Waals surface area contributed by atoms with Gasteiger partial charge in [-0.3, -0.25) is 0 Å². The maximum atomic E-state index is 12.2. The molecule has 1 N–H and O–H groups in total. The molecule has 0 aliphatic rings. The van der Waals surface area contributed by atoms with Crippen LogP contribution in [0.4, 0.5) is 0 Å². The molecule has 0 fully saturated rings. The number of sulfone groups is 1. The van der Waals surface area contributed by atoms with Gasteiger partial charge in [0.15, 0.2) is 9.84 Å². The Hall–Kier alpha value is -1.70. The number of hydrogen-bond donors (Lipinski definition) is 1. The first-order valence-electron chi connectivity index (χ1n) is 9.74. The van der Waals surface area contributed by atoms with Gasteiger partial charge in [0, 0.05) is 6.54 Å². The highest BCUT2D eigenvalue weighted by Crippen LogP contribution is 2.14. The summed E-state index contributed by atoms with van der Waals surface area (Å²) in [4.78, 5) is 0.688. The Kier molecular flexibility index (Phi) is 9.15. The summed E-state index contributed by atoms with van der Waals surface area (Å²) in [6.45, 7) is 0.437. The van der Waals surface area contributed by atoms with E-state index in [1.54, 1.807) is 54.6 Å². The molecular weight excluding hydrogens is 394 g/mol. The number of benzene rings is 2. The fraction of sp³-hybridized carbons (Fsp3) is 0.429. The molecule has 0 atom stereocenters. The van der Waals surface area contributed by atoms with Crippen LogP contribution in [-0.2, 0) is 19.9 Å². The third-order valence-corrected chi connectivity index (χ3v) is 7.83. The number of unbranched alkanes of at least 4 members (excludes halogenated alkanes) is 6. The maximum Gasteiger partial charge on any atom is 0.240 e. The summed E-state index contributed by atoms with van der Waals surface area (Å²) >= 11 is 0. The molecule has 0 aliphatic carbocycles. The fourth-order valence-corrected chi connectivity index (χ4v) is 5.42. The Balaban J connectivity index is 1.51. The monoisotopic (exact) mass is 423 g/mol. The Bertz CT molecular complexity index is 818. The van der Waals surface area contributed by atoms with Gasteiger partial charge in [0.05, 0.1) is 15.5 Å². The summed E-state index contributed by atoms with van der Waals surface area (Å²) in [5, 5.41) is 0. The van der Waals surface area contributed by atoms with Crippen LogP contribution in [0, 0.1) is 0 Å². The van der Waals surface area contributed by atoms with Crippen molar-refractivity contribution in [3.63, 3.8) is 0 Å². The number of rotatable bonds is 13. The van der Waals surface area contributed by atoms with Crippen LogP contribution in [0.25, 0.3) is 0 Å². The summed E-state index contributed by atoms with van der Waals surface area (Å²) in [5.74, 6) is 0.193. The van der Waals surface area contributed by atoms with Crippen LogP contribution < -0.4 is 4.72 Å². The van der Waals surface area contributed by atoms with Gasteiger partial charge in [0.25, 0.3) is 0 Å². The topological polar surface area (TPSA) is 80.3 Å². The van der Waals surface area contributed by atoms with E-state index in [9.17, 15) is 16.8 Å². The molecule has 0 amide bonds. The van der Waals surface area contributed by atoms with Gasteiger partial charge < -0.3 is 0 Å². The molecule has 28 heavy (non-hydrogen) atoms. The van der Waals surface area contributed by atoms with Crippen molar-refractivity contribution in [1.29, 1.82) is 0 Å². The molecule has 154 valence electrons. The minimum absolute atomic E-state index is 0.193. The van der Waals surface area contributed by atoms with Crippen molar-refractivity contribution in [2.24, 2.45) is 0 Å². The van der Waals surface area contributed by atoms with Crippen molar-refractivity contribution in [3.8, 4) is 0 Å². The second-order valence-electron chi connectivity index (χ2n) is 6.82. The Morgan fingerprint density at radius 3 is 1.61 bits per heavy atom. The molecule has 2 aromatic rings. The number of sulfonamides is 1. The van der Waals surface area contributed by atoms with E-state index in [-0.39, 0.29) is 5.75 Å². The lowest BCUT2D eigenvalue weighted by molar-refractivity contribution is 0.560. The molecule has 0 bridgehead atoms. The quantitative estimate of drug-likeness (QED) is 0.490. The average molecular weight is 424 g/mol. The summed E-state index contributed by atoms with van der Waals surface area (Å²) in [7, 11) is -6.58. The van der Waals surface area contributed by atoms with Gasteiger partial charge in [-0.1, -0.05) is 68.5 Å². The third-order valence-electron chi connectivity index (χ3n) is 4.54.